The Labute approximate surface area is 235 Å². The number of nitrogens with zero attached hydrogens (tertiary/aromatic N) is 2. The molecule has 8 rings (SSSR count). The van der Waals surface area contributed by atoms with Crippen LogP contribution in [0.15, 0.2) is 133 Å². The Balaban J connectivity index is 1.42. The molecule has 0 unspecified atom stereocenters. The summed E-state index contributed by atoms with van der Waals surface area (Å²) in [4.78, 5) is 0. The molecular weight excluding hydrogens is 504 g/mol. The first kappa shape index (κ1) is 22.8. The van der Waals surface area contributed by atoms with E-state index in [1.165, 1.54) is 36.5 Å². The maximum atomic E-state index is 10.3. The second-order valence-electron chi connectivity index (χ2n) is 10.0. The summed E-state index contributed by atoms with van der Waals surface area (Å²) in [7, 11) is 0. The summed E-state index contributed by atoms with van der Waals surface area (Å²) in [5.74, 6) is 0. The van der Waals surface area contributed by atoms with Crippen LogP contribution in [0.25, 0.3) is 69.9 Å². The molecule has 0 N–H and O–H groups in total. The molecule has 0 atom stereocenters. The lowest BCUT2D eigenvalue weighted by molar-refractivity contribution is 1.17. The number of benzene rings is 6. The SMILES string of the molecule is N#Cc1cccc(-c2ccccc2-c2ccc3c(c2)sc2ccccc23)c1-n1c2ccccc2c2ccccc21. The van der Waals surface area contributed by atoms with Gasteiger partial charge in [-0.25, -0.2) is 0 Å². The Kier molecular flexibility index (Phi) is 5.10. The average molecular weight is 527 g/mol. The fraction of sp³-hybridized carbons (Fsp3) is 0. The van der Waals surface area contributed by atoms with E-state index < -0.39 is 0 Å². The molecule has 0 saturated carbocycles. The van der Waals surface area contributed by atoms with Gasteiger partial charge in [0.05, 0.1) is 22.3 Å². The van der Waals surface area contributed by atoms with Crippen molar-refractivity contribution in [3.8, 4) is 34.0 Å². The third kappa shape index (κ3) is 3.34. The Morgan fingerprint density at radius 3 is 1.85 bits per heavy atom. The van der Waals surface area contributed by atoms with Gasteiger partial charge in [-0.15, -0.1) is 11.3 Å². The molecule has 8 aromatic rings. The van der Waals surface area contributed by atoms with Gasteiger partial charge in [0.15, 0.2) is 0 Å². The summed E-state index contributed by atoms with van der Waals surface area (Å²) in [6.45, 7) is 0. The number of thiophene rings is 1. The molecule has 0 spiro atoms. The average Bonchev–Trinajstić information content (AvgIpc) is 3.56. The molecule has 2 heterocycles. The molecule has 2 nitrogen and oxygen atoms in total. The standard InChI is InChI=1S/C37H22N2S/c38-23-25-10-9-16-32(37(25)39-33-17-6-3-13-28(33)29-14-4-7-18-34(29)39)27-12-2-1-11-26(27)24-20-21-31-30-15-5-8-19-35(30)40-36(31)22-24/h1-22H. The molecule has 0 fully saturated rings. The quantitative estimate of drug-likeness (QED) is 0.225. The highest BCUT2D eigenvalue weighted by atomic mass is 32.1. The second kappa shape index (κ2) is 8.95. The van der Waals surface area contributed by atoms with Gasteiger partial charge in [-0.3, -0.25) is 0 Å². The van der Waals surface area contributed by atoms with Crippen molar-refractivity contribution in [3.05, 3.63) is 139 Å². The minimum absolute atomic E-state index is 0.652. The third-order valence-corrected chi connectivity index (χ3v) is 9.00. The predicted molar refractivity (Wildman–Crippen MR) is 169 cm³/mol. The fourth-order valence-corrected chi connectivity index (χ4v) is 7.26. The summed E-state index contributed by atoms with van der Waals surface area (Å²) in [6.07, 6.45) is 0. The molecule has 40 heavy (non-hydrogen) atoms. The molecule has 0 radical (unpaired) electrons. The normalized spacial score (nSPS) is 11.5. The van der Waals surface area contributed by atoms with Crippen LogP contribution >= 0.6 is 11.3 Å². The topological polar surface area (TPSA) is 28.7 Å². The van der Waals surface area contributed by atoms with Crippen LogP contribution in [0, 0.1) is 11.3 Å². The lowest BCUT2D eigenvalue weighted by atomic mass is 9.92. The van der Waals surface area contributed by atoms with E-state index >= 15 is 0 Å². The largest absolute Gasteiger partial charge is 0.307 e. The van der Waals surface area contributed by atoms with Crippen LogP contribution in [0.2, 0.25) is 0 Å². The first-order chi connectivity index (χ1) is 19.8. The van der Waals surface area contributed by atoms with E-state index in [9.17, 15) is 5.26 Å². The van der Waals surface area contributed by atoms with E-state index in [-0.39, 0.29) is 0 Å². The van der Waals surface area contributed by atoms with Gasteiger partial charge in [-0.2, -0.15) is 5.26 Å². The molecule has 0 aliphatic heterocycles. The zero-order chi connectivity index (χ0) is 26.6. The number of nitriles is 1. The zero-order valence-corrected chi connectivity index (χ0v) is 22.3. The number of fused-ring (bicyclic) bond motifs is 6. The van der Waals surface area contributed by atoms with Gasteiger partial charge in [-0.1, -0.05) is 103 Å². The van der Waals surface area contributed by atoms with Crippen LogP contribution < -0.4 is 0 Å². The number of rotatable bonds is 3. The van der Waals surface area contributed by atoms with Gasteiger partial charge >= 0.3 is 0 Å². The summed E-state index contributed by atoms with van der Waals surface area (Å²) in [5.41, 5.74) is 8.23. The Morgan fingerprint density at radius 2 is 1.10 bits per heavy atom. The van der Waals surface area contributed by atoms with Crippen LogP contribution in [0.3, 0.4) is 0 Å². The van der Waals surface area contributed by atoms with E-state index in [1.807, 2.05) is 23.5 Å². The molecule has 0 saturated heterocycles. The van der Waals surface area contributed by atoms with Crippen LogP contribution in [0.1, 0.15) is 5.56 Å². The molecule has 186 valence electrons. The van der Waals surface area contributed by atoms with Crippen molar-refractivity contribution in [1.29, 1.82) is 5.26 Å². The molecule has 0 aliphatic carbocycles. The first-order valence-electron chi connectivity index (χ1n) is 13.3. The molecule has 6 aromatic carbocycles. The zero-order valence-electron chi connectivity index (χ0n) is 21.5. The lowest BCUT2D eigenvalue weighted by Gasteiger charge is -2.18. The molecule has 2 aromatic heterocycles. The van der Waals surface area contributed by atoms with Crippen molar-refractivity contribution in [2.24, 2.45) is 0 Å². The van der Waals surface area contributed by atoms with Gasteiger partial charge in [0.2, 0.25) is 0 Å². The van der Waals surface area contributed by atoms with E-state index in [2.05, 4.69) is 132 Å². The van der Waals surface area contributed by atoms with Crippen molar-refractivity contribution < 1.29 is 0 Å². The highest BCUT2D eigenvalue weighted by Crippen LogP contribution is 2.42. The highest BCUT2D eigenvalue weighted by molar-refractivity contribution is 7.25. The Bertz CT molecular complexity index is 2240. The van der Waals surface area contributed by atoms with E-state index in [1.54, 1.807) is 0 Å². The molecular formula is C37H22N2S. The van der Waals surface area contributed by atoms with Gasteiger partial charge in [0, 0.05) is 36.5 Å². The summed E-state index contributed by atoms with van der Waals surface area (Å²) >= 11 is 1.84. The molecule has 0 amide bonds. The van der Waals surface area contributed by atoms with Gasteiger partial charge in [0.1, 0.15) is 6.07 Å². The maximum Gasteiger partial charge on any atom is 0.101 e. The third-order valence-electron chi connectivity index (χ3n) is 7.87. The van der Waals surface area contributed by atoms with Crippen molar-refractivity contribution >= 4 is 53.3 Å². The first-order valence-corrected chi connectivity index (χ1v) is 14.2. The number of aromatic nitrogens is 1. The number of hydrogen-bond donors (Lipinski definition) is 0. The maximum absolute atomic E-state index is 10.3. The van der Waals surface area contributed by atoms with Crippen LogP contribution in [-0.4, -0.2) is 4.57 Å². The van der Waals surface area contributed by atoms with Gasteiger partial charge in [-0.05, 0) is 47.0 Å². The molecule has 0 bridgehead atoms. The minimum atomic E-state index is 0.652. The summed E-state index contributed by atoms with van der Waals surface area (Å²) in [5, 5.41) is 15.3. The van der Waals surface area contributed by atoms with Crippen molar-refractivity contribution in [2.45, 2.75) is 0 Å². The van der Waals surface area contributed by atoms with Crippen LogP contribution in [0.4, 0.5) is 0 Å². The summed E-state index contributed by atoms with van der Waals surface area (Å²) in [6, 6.07) is 49.5. The van der Waals surface area contributed by atoms with E-state index in [0.29, 0.717) is 5.56 Å². The molecule has 0 aliphatic rings. The van der Waals surface area contributed by atoms with Crippen molar-refractivity contribution in [3.63, 3.8) is 0 Å². The van der Waals surface area contributed by atoms with Gasteiger partial charge in [0.25, 0.3) is 0 Å². The van der Waals surface area contributed by atoms with Crippen LogP contribution in [0.5, 0.6) is 0 Å². The predicted octanol–water partition coefficient (Wildman–Crippen LogP) is 10.4. The fourth-order valence-electron chi connectivity index (χ4n) is 6.12. The van der Waals surface area contributed by atoms with Crippen LogP contribution in [-0.2, 0) is 0 Å². The van der Waals surface area contributed by atoms with Crippen molar-refractivity contribution in [2.75, 3.05) is 0 Å². The van der Waals surface area contributed by atoms with Gasteiger partial charge < -0.3 is 4.57 Å². The Morgan fingerprint density at radius 1 is 0.500 bits per heavy atom. The highest BCUT2D eigenvalue weighted by Gasteiger charge is 2.20. The lowest BCUT2D eigenvalue weighted by Crippen LogP contribution is -2.01. The van der Waals surface area contributed by atoms with E-state index in [0.717, 1.165) is 33.4 Å². The molecule has 3 heteroatoms. The summed E-state index contributed by atoms with van der Waals surface area (Å²) < 4.78 is 4.85. The number of hydrogen-bond acceptors (Lipinski definition) is 2. The number of para-hydroxylation sites is 3. The minimum Gasteiger partial charge on any atom is -0.307 e. The smallest absolute Gasteiger partial charge is 0.101 e. The van der Waals surface area contributed by atoms with Crippen molar-refractivity contribution in [1.82, 2.24) is 4.57 Å². The van der Waals surface area contributed by atoms with E-state index in [4.69, 9.17) is 0 Å². The second-order valence-corrected chi connectivity index (χ2v) is 11.1. The Hall–Kier alpha value is -5.17. The monoisotopic (exact) mass is 526 g/mol.